The number of hydrogen-bond acceptors (Lipinski definition) is 6. The minimum Gasteiger partial charge on any atom is -0.338 e. The number of hydrogen-bond donors (Lipinski definition) is 1. The van der Waals surface area contributed by atoms with Crippen LogP contribution in [0.25, 0.3) is 10.9 Å². The van der Waals surface area contributed by atoms with E-state index in [4.69, 9.17) is 0 Å². The zero-order valence-electron chi connectivity index (χ0n) is 19.8. The van der Waals surface area contributed by atoms with E-state index in [2.05, 4.69) is 15.4 Å². The topological polar surface area (TPSA) is 100 Å². The van der Waals surface area contributed by atoms with Gasteiger partial charge in [0.05, 0.1) is 10.4 Å². The van der Waals surface area contributed by atoms with Crippen LogP contribution in [0.5, 0.6) is 0 Å². The summed E-state index contributed by atoms with van der Waals surface area (Å²) in [4.78, 5) is 45.3. The van der Waals surface area contributed by atoms with Crippen molar-refractivity contribution < 1.29 is 27.6 Å². The lowest BCUT2D eigenvalue weighted by molar-refractivity contribution is -0.141. The van der Waals surface area contributed by atoms with Gasteiger partial charge in [-0.15, -0.1) is 11.3 Å². The first-order valence-electron chi connectivity index (χ1n) is 11.6. The third-order valence-electron chi connectivity index (χ3n) is 6.03. The number of thiophene rings is 1. The minimum absolute atomic E-state index is 0.00337. The fraction of sp³-hybridized carbons (Fsp3) is 0.240. The molecule has 1 saturated heterocycles. The van der Waals surface area contributed by atoms with Gasteiger partial charge in [0.1, 0.15) is 17.9 Å². The Morgan fingerprint density at radius 3 is 2.45 bits per heavy atom. The van der Waals surface area contributed by atoms with Crippen LogP contribution in [0.15, 0.2) is 60.1 Å². The molecule has 13 heteroatoms. The van der Waals surface area contributed by atoms with E-state index in [1.165, 1.54) is 22.1 Å². The van der Waals surface area contributed by atoms with E-state index in [1.54, 1.807) is 40.3 Å². The highest BCUT2D eigenvalue weighted by Crippen LogP contribution is 2.27. The van der Waals surface area contributed by atoms with Gasteiger partial charge in [-0.25, -0.2) is 4.98 Å². The Kier molecular flexibility index (Phi) is 6.85. The molecule has 4 aromatic rings. The van der Waals surface area contributed by atoms with Crippen LogP contribution in [-0.2, 0) is 17.5 Å². The minimum atomic E-state index is -4.66. The summed E-state index contributed by atoms with van der Waals surface area (Å²) < 4.78 is 40.2. The van der Waals surface area contributed by atoms with Crippen LogP contribution in [0.4, 0.5) is 18.9 Å². The van der Waals surface area contributed by atoms with Gasteiger partial charge in [0, 0.05) is 43.4 Å². The molecule has 1 N–H and O–H groups in total. The Balaban J connectivity index is 1.20. The molecule has 0 saturated carbocycles. The number of rotatable bonds is 5. The highest BCUT2D eigenvalue weighted by atomic mass is 32.1. The second-order valence-corrected chi connectivity index (χ2v) is 9.56. The predicted octanol–water partition coefficient (Wildman–Crippen LogP) is 3.75. The first-order chi connectivity index (χ1) is 18.2. The van der Waals surface area contributed by atoms with Gasteiger partial charge in [0.25, 0.3) is 11.8 Å². The van der Waals surface area contributed by atoms with Crippen molar-refractivity contribution in [3.63, 3.8) is 0 Å². The van der Waals surface area contributed by atoms with Gasteiger partial charge >= 0.3 is 6.18 Å². The molecule has 0 bridgehead atoms. The molecule has 38 heavy (non-hydrogen) atoms. The molecule has 1 aliphatic rings. The number of nitrogens with zero attached hydrogens (tertiary/aromatic N) is 5. The number of fused-ring (bicyclic) bond motifs is 1. The smallest absolute Gasteiger partial charge is 0.338 e. The highest BCUT2D eigenvalue weighted by molar-refractivity contribution is 7.12. The van der Waals surface area contributed by atoms with Crippen LogP contribution < -0.4 is 5.32 Å². The van der Waals surface area contributed by atoms with E-state index in [1.807, 2.05) is 11.4 Å². The fourth-order valence-corrected chi connectivity index (χ4v) is 4.79. The fourth-order valence-electron chi connectivity index (χ4n) is 4.10. The standard InChI is InChI=1S/C25H21F3N6O3S/c26-25(27,28)21-5-1-3-19(30-21)23(36)29-17-6-7-18-16(13-17)14-34(31-18)15-22(35)32-8-10-33(11-9-32)24(37)20-4-2-12-38-20/h1-7,12-14H,8-11,15H2,(H,29,36). The average Bonchev–Trinajstić information content (AvgIpc) is 3.58. The second kappa shape index (κ2) is 10.2. The predicted molar refractivity (Wildman–Crippen MR) is 134 cm³/mol. The summed E-state index contributed by atoms with van der Waals surface area (Å²) in [5.41, 5.74) is -0.584. The summed E-state index contributed by atoms with van der Waals surface area (Å²) in [6.07, 6.45) is -3.00. The molecular formula is C25H21F3N6O3S. The molecule has 0 spiro atoms. The van der Waals surface area contributed by atoms with Gasteiger partial charge in [-0.3, -0.25) is 19.1 Å². The lowest BCUT2D eigenvalue weighted by atomic mass is 10.2. The first-order valence-corrected chi connectivity index (χ1v) is 12.5. The molecule has 0 radical (unpaired) electrons. The van der Waals surface area contributed by atoms with Gasteiger partial charge in [-0.2, -0.15) is 18.3 Å². The molecule has 1 aromatic carbocycles. The van der Waals surface area contributed by atoms with Crippen LogP contribution in [0.2, 0.25) is 0 Å². The van der Waals surface area contributed by atoms with Crippen molar-refractivity contribution in [1.29, 1.82) is 0 Å². The summed E-state index contributed by atoms with van der Waals surface area (Å²) in [6.45, 7) is 1.76. The number of halogens is 3. The Labute approximate surface area is 218 Å². The summed E-state index contributed by atoms with van der Waals surface area (Å²) in [5, 5.41) is 9.43. The molecular weight excluding hydrogens is 521 g/mol. The number of amides is 3. The van der Waals surface area contributed by atoms with E-state index in [9.17, 15) is 27.6 Å². The number of piperazine rings is 1. The molecule has 3 aromatic heterocycles. The third-order valence-corrected chi connectivity index (χ3v) is 6.89. The number of carbonyl (C=O) groups excluding carboxylic acids is 3. The molecule has 4 heterocycles. The normalized spacial score (nSPS) is 14.1. The highest BCUT2D eigenvalue weighted by Gasteiger charge is 2.33. The number of pyridine rings is 1. The van der Waals surface area contributed by atoms with E-state index in [0.717, 1.165) is 12.1 Å². The summed E-state index contributed by atoms with van der Waals surface area (Å²) >= 11 is 1.39. The van der Waals surface area contributed by atoms with Crippen molar-refractivity contribution in [3.05, 3.63) is 76.4 Å². The Morgan fingerprint density at radius 1 is 0.974 bits per heavy atom. The van der Waals surface area contributed by atoms with Gasteiger partial charge < -0.3 is 15.1 Å². The van der Waals surface area contributed by atoms with Gasteiger partial charge in [0.2, 0.25) is 5.91 Å². The van der Waals surface area contributed by atoms with Crippen LogP contribution in [-0.4, -0.2) is 68.5 Å². The third kappa shape index (κ3) is 5.52. The van der Waals surface area contributed by atoms with Crippen molar-refractivity contribution in [3.8, 4) is 0 Å². The number of benzene rings is 1. The molecule has 196 valence electrons. The molecule has 1 fully saturated rings. The molecule has 0 unspecified atom stereocenters. The van der Waals surface area contributed by atoms with Crippen molar-refractivity contribution in [2.24, 2.45) is 0 Å². The van der Waals surface area contributed by atoms with Crippen molar-refractivity contribution in [2.45, 2.75) is 12.7 Å². The van der Waals surface area contributed by atoms with Crippen molar-refractivity contribution in [2.75, 3.05) is 31.5 Å². The Hall–Kier alpha value is -4.26. The Bertz CT molecular complexity index is 1490. The quantitative estimate of drug-likeness (QED) is 0.414. The number of alkyl halides is 3. The maximum absolute atomic E-state index is 12.9. The molecule has 5 rings (SSSR count). The summed E-state index contributed by atoms with van der Waals surface area (Å²) in [7, 11) is 0. The maximum atomic E-state index is 12.9. The van der Waals surface area contributed by atoms with Crippen LogP contribution in [0.1, 0.15) is 25.9 Å². The molecule has 0 atom stereocenters. The monoisotopic (exact) mass is 542 g/mol. The van der Waals surface area contributed by atoms with Crippen molar-refractivity contribution >= 4 is 45.6 Å². The Morgan fingerprint density at radius 2 is 1.74 bits per heavy atom. The molecule has 3 amide bonds. The zero-order chi connectivity index (χ0) is 26.9. The largest absolute Gasteiger partial charge is 0.433 e. The van der Waals surface area contributed by atoms with Crippen LogP contribution >= 0.6 is 11.3 Å². The van der Waals surface area contributed by atoms with Crippen molar-refractivity contribution in [1.82, 2.24) is 24.6 Å². The van der Waals surface area contributed by atoms with Gasteiger partial charge in [-0.1, -0.05) is 12.1 Å². The lowest BCUT2D eigenvalue weighted by Gasteiger charge is -2.34. The number of anilines is 1. The van der Waals surface area contributed by atoms with Crippen LogP contribution in [0, 0.1) is 0 Å². The van der Waals surface area contributed by atoms with E-state index < -0.39 is 17.8 Å². The number of carbonyl (C=O) groups is 3. The first kappa shape index (κ1) is 25.4. The van der Waals surface area contributed by atoms with E-state index in [0.29, 0.717) is 47.6 Å². The summed E-state index contributed by atoms with van der Waals surface area (Å²) in [5.74, 6) is -0.947. The van der Waals surface area contributed by atoms with Crippen LogP contribution in [0.3, 0.4) is 0 Å². The van der Waals surface area contributed by atoms with E-state index >= 15 is 0 Å². The molecule has 9 nitrogen and oxygen atoms in total. The zero-order valence-corrected chi connectivity index (χ0v) is 20.6. The molecule has 0 aliphatic carbocycles. The maximum Gasteiger partial charge on any atom is 0.433 e. The number of nitrogens with one attached hydrogen (secondary N) is 1. The van der Waals surface area contributed by atoms with E-state index in [-0.39, 0.29) is 24.1 Å². The second-order valence-electron chi connectivity index (χ2n) is 8.61. The van der Waals surface area contributed by atoms with Gasteiger partial charge in [0.15, 0.2) is 0 Å². The average molecular weight is 543 g/mol. The molecule has 1 aliphatic heterocycles. The number of aromatic nitrogens is 3. The SMILES string of the molecule is O=C(Nc1ccc2nn(CC(=O)N3CCN(C(=O)c4cccs4)CC3)cc2c1)c1cccc(C(F)(F)F)n1. The lowest BCUT2D eigenvalue weighted by Crippen LogP contribution is -2.51. The summed E-state index contributed by atoms with van der Waals surface area (Å²) in [6, 6.07) is 11.5. The van der Waals surface area contributed by atoms with Gasteiger partial charge in [-0.05, 0) is 41.8 Å².